The number of imidazole rings is 1. The van der Waals surface area contributed by atoms with Crippen LogP contribution in [0.2, 0.25) is 0 Å². The number of amides is 3. The van der Waals surface area contributed by atoms with E-state index in [0.29, 0.717) is 11.8 Å². The Morgan fingerprint density at radius 2 is 2.00 bits per heavy atom. The number of likely N-dealkylation sites (N-methyl/N-ethyl adjacent to an activating group) is 1. The maximum Gasteiger partial charge on any atom is 0.402 e. The zero-order chi connectivity index (χ0) is 19.9. The van der Waals surface area contributed by atoms with E-state index in [0.717, 1.165) is 35.7 Å². The average molecular weight is 376 g/mol. The van der Waals surface area contributed by atoms with Gasteiger partial charge in [0.05, 0.1) is 20.1 Å². The number of esters is 1. The molecule has 3 rings (SSSR count). The van der Waals surface area contributed by atoms with E-state index in [1.807, 2.05) is 18.4 Å². The molecule has 0 spiro atoms. The SMILES string of the molecule is CCCC[n+]1c(C)c(C)n2c1N=C1C2C(=O)N(CCC(=O)OC)C(=O)N1C. The molecule has 0 N–H and O–H groups in total. The first-order valence-electron chi connectivity index (χ1n) is 9.19. The number of hydrogen-bond acceptors (Lipinski definition) is 5. The number of aliphatic imine (C=N–C) groups is 1. The Kier molecular flexibility index (Phi) is 5.03. The first kappa shape index (κ1) is 19.1. The smallest absolute Gasteiger partial charge is 0.402 e. The number of amidine groups is 1. The van der Waals surface area contributed by atoms with Gasteiger partial charge >= 0.3 is 17.9 Å². The number of rotatable bonds is 6. The molecule has 0 aliphatic carbocycles. The highest BCUT2D eigenvalue weighted by Crippen LogP contribution is 2.35. The lowest BCUT2D eigenvalue weighted by atomic mass is 10.1. The minimum absolute atomic E-state index is 0.0110. The lowest BCUT2D eigenvalue weighted by Gasteiger charge is -2.33. The summed E-state index contributed by atoms with van der Waals surface area (Å²) in [5, 5.41) is 0. The molecule has 146 valence electrons. The van der Waals surface area contributed by atoms with E-state index in [2.05, 4.69) is 21.2 Å². The monoisotopic (exact) mass is 376 g/mol. The number of imide groups is 1. The van der Waals surface area contributed by atoms with E-state index in [4.69, 9.17) is 0 Å². The number of fused-ring (bicyclic) bond motifs is 3. The van der Waals surface area contributed by atoms with Gasteiger partial charge in [0.15, 0.2) is 0 Å². The Bertz CT molecular complexity index is 841. The third-order valence-corrected chi connectivity index (χ3v) is 5.33. The van der Waals surface area contributed by atoms with Crippen molar-refractivity contribution in [3.05, 3.63) is 11.4 Å². The standard InChI is InChI=1S/C18H26N5O4/c1-6-7-9-21-11(2)12(3)23-14-15(19-17(21)23)20(4)18(26)22(16(14)25)10-8-13(24)27-5/h14H,6-10H2,1-5H3/q+1. The van der Waals surface area contributed by atoms with Crippen LogP contribution in [-0.4, -0.2) is 58.8 Å². The lowest BCUT2D eigenvalue weighted by Crippen LogP contribution is -2.58. The highest BCUT2D eigenvalue weighted by Gasteiger charge is 2.54. The molecule has 3 amide bonds. The number of aromatic nitrogens is 2. The normalized spacial score (nSPS) is 18.6. The number of carbonyl (C=O) groups excluding carboxylic acids is 3. The number of unbranched alkanes of at least 4 members (excludes halogenated alkanes) is 1. The minimum Gasteiger partial charge on any atom is -0.469 e. The van der Waals surface area contributed by atoms with E-state index < -0.39 is 18.0 Å². The van der Waals surface area contributed by atoms with Gasteiger partial charge in [-0.25, -0.2) is 13.9 Å². The van der Waals surface area contributed by atoms with Crippen molar-refractivity contribution in [2.75, 3.05) is 20.7 Å². The first-order valence-corrected chi connectivity index (χ1v) is 9.19. The molecule has 1 saturated heterocycles. The van der Waals surface area contributed by atoms with Crippen LogP contribution in [0.5, 0.6) is 0 Å². The van der Waals surface area contributed by atoms with Gasteiger partial charge in [0.25, 0.3) is 5.91 Å². The molecule has 3 heterocycles. The topological polar surface area (TPSA) is 88.1 Å². The zero-order valence-electron chi connectivity index (χ0n) is 16.5. The number of urea groups is 1. The summed E-state index contributed by atoms with van der Waals surface area (Å²) in [5.41, 5.74) is 2.02. The minimum atomic E-state index is -0.679. The highest BCUT2D eigenvalue weighted by atomic mass is 16.5. The second-order valence-corrected chi connectivity index (χ2v) is 6.88. The molecular weight excluding hydrogens is 350 g/mol. The number of methoxy groups -OCH3 is 1. The summed E-state index contributed by atoms with van der Waals surface area (Å²) in [4.78, 5) is 44.4. The Balaban J connectivity index is 1.99. The van der Waals surface area contributed by atoms with E-state index in [-0.39, 0.29) is 18.9 Å². The van der Waals surface area contributed by atoms with Crippen LogP contribution in [0.1, 0.15) is 43.6 Å². The van der Waals surface area contributed by atoms with Crippen LogP contribution in [0.4, 0.5) is 10.7 Å². The molecule has 2 aliphatic rings. The highest BCUT2D eigenvalue weighted by molar-refractivity contribution is 6.20. The van der Waals surface area contributed by atoms with E-state index in [1.165, 1.54) is 12.0 Å². The summed E-state index contributed by atoms with van der Waals surface area (Å²) < 4.78 is 8.63. The quantitative estimate of drug-likeness (QED) is 0.552. The van der Waals surface area contributed by atoms with Crippen molar-refractivity contribution in [1.29, 1.82) is 0 Å². The third-order valence-electron chi connectivity index (χ3n) is 5.33. The predicted molar refractivity (Wildman–Crippen MR) is 96.6 cm³/mol. The second kappa shape index (κ2) is 7.13. The molecule has 0 saturated carbocycles. The van der Waals surface area contributed by atoms with Crippen molar-refractivity contribution in [2.24, 2.45) is 4.99 Å². The largest absolute Gasteiger partial charge is 0.469 e. The Hall–Kier alpha value is -2.71. The fraction of sp³-hybridized carbons (Fsp3) is 0.611. The zero-order valence-corrected chi connectivity index (χ0v) is 16.5. The van der Waals surface area contributed by atoms with E-state index >= 15 is 0 Å². The lowest BCUT2D eigenvalue weighted by molar-refractivity contribution is -0.689. The summed E-state index contributed by atoms with van der Waals surface area (Å²) >= 11 is 0. The summed E-state index contributed by atoms with van der Waals surface area (Å²) in [7, 11) is 2.89. The van der Waals surface area contributed by atoms with Gasteiger partial charge in [-0.2, -0.15) is 0 Å². The summed E-state index contributed by atoms with van der Waals surface area (Å²) in [6.07, 6.45) is 2.02. The van der Waals surface area contributed by atoms with Crippen LogP contribution in [0, 0.1) is 13.8 Å². The van der Waals surface area contributed by atoms with Gasteiger partial charge in [-0.1, -0.05) is 18.3 Å². The molecule has 1 atom stereocenters. The maximum atomic E-state index is 13.1. The van der Waals surface area contributed by atoms with Crippen LogP contribution < -0.4 is 4.57 Å². The van der Waals surface area contributed by atoms with Crippen LogP contribution in [0.3, 0.4) is 0 Å². The molecular formula is C18H26N5O4+. The third kappa shape index (κ3) is 2.90. The van der Waals surface area contributed by atoms with Crippen LogP contribution >= 0.6 is 0 Å². The van der Waals surface area contributed by atoms with Crippen molar-refractivity contribution in [2.45, 2.75) is 52.6 Å². The van der Waals surface area contributed by atoms with E-state index in [9.17, 15) is 14.4 Å². The van der Waals surface area contributed by atoms with Crippen molar-refractivity contribution in [1.82, 2.24) is 14.4 Å². The Labute approximate surface area is 158 Å². The molecule has 2 aliphatic heterocycles. The molecule has 0 bridgehead atoms. The average Bonchev–Trinajstić information content (AvgIpc) is 3.15. The second-order valence-electron chi connectivity index (χ2n) is 6.88. The van der Waals surface area contributed by atoms with Crippen molar-refractivity contribution >= 4 is 29.7 Å². The maximum absolute atomic E-state index is 13.1. The molecule has 0 aromatic carbocycles. The first-order chi connectivity index (χ1) is 12.8. The number of ether oxygens (including phenoxy) is 1. The van der Waals surface area contributed by atoms with E-state index in [1.54, 1.807) is 7.05 Å². The molecule has 0 radical (unpaired) electrons. The summed E-state index contributed by atoms with van der Waals surface area (Å²) in [6, 6.07) is -1.15. The van der Waals surface area contributed by atoms with Crippen LogP contribution in [-0.2, 0) is 20.9 Å². The number of carbonyl (C=O) groups is 3. The molecule has 27 heavy (non-hydrogen) atoms. The van der Waals surface area contributed by atoms with Gasteiger partial charge in [0.1, 0.15) is 11.4 Å². The molecule has 9 heteroatoms. The fourth-order valence-electron chi connectivity index (χ4n) is 3.60. The Morgan fingerprint density at radius 3 is 2.63 bits per heavy atom. The van der Waals surface area contributed by atoms with Crippen molar-refractivity contribution < 1.29 is 23.7 Å². The van der Waals surface area contributed by atoms with Crippen molar-refractivity contribution in [3.63, 3.8) is 0 Å². The molecule has 1 aromatic heterocycles. The molecule has 9 nitrogen and oxygen atoms in total. The van der Waals surface area contributed by atoms with Gasteiger partial charge in [-0.3, -0.25) is 19.4 Å². The number of hydrogen-bond donors (Lipinski definition) is 0. The van der Waals surface area contributed by atoms with Gasteiger partial charge < -0.3 is 4.74 Å². The van der Waals surface area contributed by atoms with Crippen molar-refractivity contribution in [3.8, 4) is 0 Å². The van der Waals surface area contributed by atoms with Gasteiger partial charge in [0, 0.05) is 13.6 Å². The summed E-state index contributed by atoms with van der Waals surface area (Å²) in [5.74, 6) is 0.305. The van der Waals surface area contributed by atoms with Gasteiger partial charge in [-0.05, 0) is 20.3 Å². The van der Waals surface area contributed by atoms with Gasteiger partial charge in [0.2, 0.25) is 11.9 Å². The Morgan fingerprint density at radius 1 is 1.30 bits per heavy atom. The number of nitrogens with zero attached hydrogens (tertiary/aromatic N) is 5. The molecule has 1 aromatic rings. The van der Waals surface area contributed by atoms with Crippen LogP contribution in [0.15, 0.2) is 4.99 Å². The molecule has 1 unspecified atom stereocenters. The fourth-order valence-corrected chi connectivity index (χ4v) is 3.60. The van der Waals surface area contributed by atoms with Gasteiger partial charge in [-0.15, -0.1) is 0 Å². The summed E-state index contributed by atoms with van der Waals surface area (Å²) in [6.45, 7) is 6.90. The predicted octanol–water partition coefficient (Wildman–Crippen LogP) is 1.23. The molecule has 1 fully saturated rings. The van der Waals surface area contributed by atoms with Crippen LogP contribution in [0.25, 0.3) is 0 Å².